The molecule has 1 aliphatic carbocycles. The maximum Gasteiger partial charge on any atom is 0.208 e. The molecule has 6 heteroatoms. The summed E-state index contributed by atoms with van der Waals surface area (Å²) in [5.41, 5.74) is 2.63. The van der Waals surface area contributed by atoms with Gasteiger partial charge < -0.3 is 10.1 Å². The van der Waals surface area contributed by atoms with Crippen LogP contribution >= 0.6 is 0 Å². The van der Waals surface area contributed by atoms with Gasteiger partial charge in [0.25, 0.3) is 0 Å². The quantitative estimate of drug-likeness (QED) is 0.775. The first-order valence-electron chi connectivity index (χ1n) is 6.84. The third kappa shape index (κ3) is 4.19. The fraction of sp³-hybridized carbons (Fsp3) is 0.571. The Balaban J connectivity index is 1.95. The minimum Gasteiger partial charge on any atom is -0.497 e. The zero-order valence-electron chi connectivity index (χ0n) is 12.0. The van der Waals surface area contributed by atoms with Gasteiger partial charge in [-0.15, -0.1) is 0 Å². The Labute approximate surface area is 120 Å². The van der Waals surface area contributed by atoms with Crippen LogP contribution in [0.5, 0.6) is 5.75 Å². The molecule has 0 aliphatic heterocycles. The molecule has 0 bridgehead atoms. The van der Waals surface area contributed by atoms with Crippen molar-refractivity contribution < 1.29 is 13.2 Å². The molecule has 1 aliphatic rings. The van der Waals surface area contributed by atoms with Crippen LogP contribution in [0.15, 0.2) is 18.2 Å². The number of hydrogen-bond acceptors (Lipinski definition) is 4. The lowest BCUT2D eigenvalue weighted by molar-refractivity contribution is 0.411. The number of fused-ring (bicyclic) bond motifs is 1. The van der Waals surface area contributed by atoms with E-state index in [1.807, 2.05) is 6.07 Å². The molecule has 1 aromatic carbocycles. The number of ether oxygens (including phenoxy) is 1. The van der Waals surface area contributed by atoms with Crippen molar-refractivity contribution in [3.63, 3.8) is 0 Å². The molecule has 2 N–H and O–H groups in total. The summed E-state index contributed by atoms with van der Waals surface area (Å²) in [6, 6.07) is 6.48. The monoisotopic (exact) mass is 298 g/mol. The zero-order chi connectivity index (χ0) is 14.6. The fourth-order valence-corrected chi connectivity index (χ4v) is 3.09. The highest BCUT2D eigenvalue weighted by molar-refractivity contribution is 7.88. The molecule has 112 valence electrons. The number of nitrogens with one attached hydrogen (secondary N) is 2. The lowest BCUT2D eigenvalue weighted by Crippen LogP contribution is -2.34. The first-order chi connectivity index (χ1) is 9.49. The van der Waals surface area contributed by atoms with E-state index in [4.69, 9.17) is 4.74 Å². The van der Waals surface area contributed by atoms with Crippen LogP contribution in [0.3, 0.4) is 0 Å². The Morgan fingerprint density at radius 3 is 2.85 bits per heavy atom. The van der Waals surface area contributed by atoms with Crippen molar-refractivity contribution in [2.24, 2.45) is 0 Å². The average molecular weight is 298 g/mol. The molecule has 0 aromatic heterocycles. The van der Waals surface area contributed by atoms with Crippen molar-refractivity contribution in [3.05, 3.63) is 29.3 Å². The third-order valence-electron chi connectivity index (χ3n) is 3.54. The molecule has 1 unspecified atom stereocenters. The molecule has 20 heavy (non-hydrogen) atoms. The average Bonchev–Trinajstić information content (AvgIpc) is 2.42. The Kier molecular flexibility index (Phi) is 5.01. The van der Waals surface area contributed by atoms with Crippen molar-refractivity contribution >= 4 is 10.0 Å². The molecule has 0 amide bonds. The highest BCUT2D eigenvalue weighted by atomic mass is 32.2. The molecule has 1 atom stereocenters. The summed E-state index contributed by atoms with van der Waals surface area (Å²) in [5.74, 6) is 0.892. The molecule has 5 nitrogen and oxygen atoms in total. The van der Waals surface area contributed by atoms with Crippen LogP contribution in [0.25, 0.3) is 0 Å². The maximum atomic E-state index is 11.0. The van der Waals surface area contributed by atoms with Crippen LogP contribution in [0.1, 0.15) is 30.0 Å². The fourth-order valence-electron chi connectivity index (χ4n) is 2.61. The van der Waals surface area contributed by atoms with Crippen molar-refractivity contribution in [1.29, 1.82) is 0 Å². The second-order valence-corrected chi connectivity index (χ2v) is 6.96. The Morgan fingerprint density at radius 2 is 2.15 bits per heavy atom. The van der Waals surface area contributed by atoms with E-state index in [9.17, 15) is 8.42 Å². The van der Waals surface area contributed by atoms with Gasteiger partial charge in [0.15, 0.2) is 0 Å². The van der Waals surface area contributed by atoms with Crippen molar-refractivity contribution in [3.8, 4) is 5.75 Å². The molecule has 0 radical (unpaired) electrons. The van der Waals surface area contributed by atoms with Gasteiger partial charge in [0.1, 0.15) is 5.75 Å². The van der Waals surface area contributed by atoms with Gasteiger partial charge in [-0.05, 0) is 42.5 Å². The zero-order valence-corrected chi connectivity index (χ0v) is 12.8. The van der Waals surface area contributed by atoms with E-state index < -0.39 is 10.0 Å². The van der Waals surface area contributed by atoms with E-state index in [1.54, 1.807) is 7.11 Å². The molecular formula is C14H22N2O3S. The normalized spacial score (nSPS) is 18.6. The SMILES string of the molecule is COc1ccc2c(c1)CCCC2NCCNS(C)(=O)=O. The standard InChI is InChI=1S/C14H22N2O3S/c1-19-12-6-7-13-11(10-12)4-3-5-14(13)15-8-9-16-20(2,17)18/h6-7,10,14-16H,3-5,8-9H2,1-2H3. The summed E-state index contributed by atoms with van der Waals surface area (Å²) in [7, 11) is -1.43. The van der Waals surface area contributed by atoms with Gasteiger partial charge in [0.2, 0.25) is 10.0 Å². The Bertz CT molecular complexity index is 558. The maximum absolute atomic E-state index is 11.0. The minimum atomic E-state index is -3.10. The number of rotatable bonds is 6. The molecule has 1 aromatic rings. The predicted molar refractivity (Wildman–Crippen MR) is 79.5 cm³/mol. The van der Waals surface area contributed by atoms with Crippen LogP contribution in [0, 0.1) is 0 Å². The summed E-state index contributed by atoms with van der Waals surface area (Å²) >= 11 is 0. The number of sulfonamides is 1. The van der Waals surface area contributed by atoms with Gasteiger partial charge in [-0.25, -0.2) is 13.1 Å². The lowest BCUT2D eigenvalue weighted by atomic mass is 9.87. The van der Waals surface area contributed by atoms with E-state index >= 15 is 0 Å². The minimum absolute atomic E-state index is 0.297. The molecule has 0 fully saturated rings. The first-order valence-corrected chi connectivity index (χ1v) is 8.73. The summed E-state index contributed by atoms with van der Waals surface area (Å²) in [5, 5.41) is 3.42. The van der Waals surface area contributed by atoms with Crippen molar-refractivity contribution in [2.75, 3.05) is 26.5 Å². The van der Waals surface area contributed by atoms with E-state index in [0.29, 0.717) is 19.1 Å². The summed E-state index contributed by atoms with van der Waals surface area (Å²) in [4.78, 5) is 0. The predicted octanol–water partition coefficient (Wildman–Crippen LogP) is 1.21. The smallest absolute Gasteiger partial charge is 0.208 e. The number of aryl methyl sites for hydroxylation is 1. The van der Waals surface area contributed by atoms with Gasteiger partial charge in [-0.3, -0.25) is 0 Å². The number of benzene rings is 1. The van der Waals surface area contributed by atoms with Gasteiger partial charge >= 0.3 is 0 Å². The Morgan fingerprint density at radius 1 is 1.35 bits per heavy atom. The van der Waals surface area contributed by atoms with E-state index in [2.05, 4.69) is 22.2 Å². The van der Waals surface area contributed by atoms with E-state index in [0.717, 1.165) is 25.0 Å². The molecule has 0 heterocycles. The van der Waals surface area contributed by atoms with Gasteiger partial charge in [0.05, 0.1) is 13.4 Å². The van der Waals surface area contributed by atoms with Crippen LogP contribution in [0.4, 0.5) is 0 Å². The van der Waals surface area contributed by atoms with E-state index in [1.165, 1.54) is 17.4 Å². The van der Waals surface area contributed by atoms with Crippen LogP contribution in [0.2, 0.25) is 0 Å². The number of methoxy groups -OCH3 is 1. The second-order valence-electron chi connectivity index (χ2n) is 5.13. The highest BCUT2D eigenvalue weighted by Gasteiger charge is 2.19. The molecule has 2 rings (SSSR count). The van der Waals surface area contributed by atoms with Gasteiger partial charge in [-0.1, -0.05) is 6.07 Å². The topological polar surface area (TPSA) is 67.4 Å². The van der Waals surface area contributed by atoms with Crippen LogP contribution < -0.4 is 14.8 Å². The van der Waals surface area contributed by atoms with Gasteiger partial charge in [-0.2, -0.15) is 0 Å². The van der Waals surface area contributed by atoms with Crippen LogP contribution in [-0.4, -0.2) is 34.9 Å². The summed E-state index contributed by atoms with van der Waals surface area (Å²) in [6.45, 7) is 1.05. The lowest BCUT2D eigenvalue weighted by Gasteiger charge is -2.27. The molecule has 0 spiro atoms. The molecule has 0 saturated carbocycles. The highest BCUT2D eigenvalue weighted by Crippen LogP contribution is 2.31. The Hall–Kier alpha value is -1.11. The summed E-state index contributed by atoms with van der Waals surface area (Å²) in [6.07, 6.45) is 4.47. The summed E-state index contributed by atoms with van der Waals surface area (Å²) < 4.78 is 29.7. The molecule has 0 saturated heterocycles. The van der Waals surface area contributed by atoms with Crippen LogP contribution in [-0.2, 0) is 16.4 Å². The third-order valence-corrected chi connectivity index (χ3v) is 4.27. The van der Waals surface area contributed by atoms with Gasteiger partial charge in [0, 0.05) is 19.1 Å². The largest absolute Gasteiger partial charge is 0.497 e. The van der Waals surface area contributed by atoms with Crippen molar-refractivity contribution in [2.45, 2.75) is 25.3 Å². The number of hydrogen-bond donors (Lipinski definition) is 2. The van der Waals surface area contributed by atoms with E-state index in [-0.39, 0.29) is 0 Å². The molecular weight excluding hydrogens is 276 g/mol. The second kappa shape index (κ2) is 6.56. The first kappa shape index (κ1) is 15.3. The van der Waals surface area contributed by atoms with Crippen molar-refractivity contribution in [1.82, 2.24) is 10.0 Å².